The molecule has 2 aliphatic carbocycles. The van der Waals surface area contributed by atoms with E-state index in [1.807, 2.05) is 0 Å². The molecule has 0 aliphatic heterocycles. The molecule has 0 aromatic heterocycles. The standard InChI is InChI=1S/C18H22F2N2O2/c19-13-8-5-9-14(20)15(13)22-17(24)18(10-11-18)16(23)21-12-6-3-1-2-4-7-12/h5,8-9,12H,1-4,6-7,10-11H2,(H,21,23)(H,22,24). The molecule has 0 bridgehead atoms. The van der Waals surface area contributed by atoms with Gasteiger partial charge in [-0.1, -0.05) is 31.7 Å². The van der Waals surface area contributed by atoms with Crippen molar-refractivity contribution >= 4 is 17.5 Å². The van der Waals surface area contributed by atoms with Crippen LogP contribution in [0.15, 0.2) is 18.2 Å². The molecule has 130 valence electrons. The van der Waals surface area contributed by atoms with E-state index in [1.165, 1.54) is 18.9 Å². The summed E-state index contributed by atoms with van der Waals surface area (Å²) in [5.41, 5.74) is -1.67. The highest BCUT2D eigenvalue weighted by molar-refractivity contribution is 6.13. The van der Waals surface area contributed by atoms with Gasteiger partial charge in [-0.15, -0.1) is 0 Å². The van der Waals surface area contributed by atoms with Crippen LogP contribution in [0.25, 0.3) is 0 Å². The van der Waals surface area contributed by atoms with Gasteiger partial charge in [0.15, 0.2) is 0 Å². The molecule has 0 saturated heterocycles. The topological polar surface area (TPSA) is 58.2 Å². The Balaban J connectivity index is 1.66. The third-order valence-corrected chi connectivity index (χ3v) is 5.01. The highest BCUT2D eigenvalue weighted by Crippen LogP contribution is 2.47. The zero-order chi connectivity index (χ0) is 17.2. The first-order chi connectivity index (χ1) is 11.5. The van der Waals surface area contributed by atoms with Gasteiger partial charge < -0.3 is 10.6 Å². The molecule has 1 aromatic rings. The van der Waals surface area contributed by atoms with Crippen LogP contribution < -0.4 is 10.6 Å². The van der Waals surface area contributed by atoms with Gasteiger partial charge in [0.1, 0.15) is 22.7 Å². The van der Waals surface area contributed by atoms with Crippen molar-refractivity contribution < 1.29 is 18.4 Å². The third-order valence-electron chi connectivity index (χ3n) is 5.01. The van der Waals surface area contributed by atoms with Crippen molar-refractivity contribution in [2.24, 2.45) is 5.41 Å². The fourth-order valence-corrected chi connectivity index (χ4v) is 3.28. The highest BCUT2D eigenvalue weighted by Gasteiger charge is 2.57. The van der Waals surface area contributed by atoms with Crippen molar-refractivity contribution in [2.45, 2.75) is 57.4 Å². The first-order valence-electron chi connectivity index (χ1n) is 8.59. The Hall–Kier alpha value is -1.98. The summed E-state index contributed by atoms with van der Waals surface area (Å²) in [5.74, 6) is -2.63. The van der Waals surface area contributed by atoms with Crippen molar-refractivity contribution in [1.29, 1.82) is 0 Å². The fourth-order valence-electron chi connectivity index (χ4n) is 3.28. The lowest BCUT2D eigenvalue weighted by Crippen LogP contribution is -2.44. The van der Waals surface area contributed by atoms with E-state index in [4.69, 9.17) is 0 Å². The van der Waals surface area contributed by atoms with Crippen molar-refractivity contribution in [3.05, 3.63) is 29.8 Å². The van der Waals surface area contributed by atoms with Gasteiger partial charge in [-0.2, -0.15) is 0 Å². The van der Waals surface area contributed by atoms with Gasteiger partial charge in [-0.3, -0.25) is 9.59 Å². The quantitative estimate of drug-likeness (QED) is 0.653. The summed E-state index contributed by atoms with van der Waals surface area (Å²) >= 11 is 0. The van der Waals surface area contributed by atoms with Crippen LogP contribution in [0.4, 0.5) is 14.5 Å². The van der Waals surface area contributed by atoms with E-state index >= 15 is 0 Å². The number of anilines is 1. The zero-order valence-electron chi connectivity index (χ0n) is 13.5. The number of carbonyl (C=O) groups is 2. The average Bonchev–Trinajstić information content (AvgIpc) is 3.36. The summed E-state index contributed by atoms with van der Waals surface area (Å²) in [6, 6.07) is 3.47. The summed E-state index contributed by atoms with van der Waals surface area (Å²) in [6.45, 7) is 0. The fraction of sp³-hybridized carbons (Fsp3) is 0.556. The van der Waals surface area contributed by atoms with E-state index in [0.29, 0.717) is 12.8 Å². The summed E-state index contributed by atoms with van der Waals surface area (Å²) < 4.78 is 27.4. The van der Waals surface area contributed by atoms with Crippen molar-refractivity contribution in [3.63, 3.8) is 0 Å². The van der Waals surface area contributed by atoms with E-state index < -0.39 is 28.6 Å². The minimum absolute atomic E-state index is 0.0930. The molecule has 2 aliphatic rings. The Bertz CT molecular complexity index is 616. The lowest BCUT2D eigenvalue weighted by atomic mass is 10.0. The molecule has 0 atom stereocenters. The van der Waals surface area contributed by atoms with Crippen LogP contribution in [0.1, 0.15) is 51.4 Å². The number of para-hydroxylation sites is 1. The van der Waals surface area contributed by atoms with Crippen LogP contribution in [0, 0.1) is 17.0 Å². The van der Waals surface area contributed by atoms with Crippen LogP contribution >= 0.6 is 0 Å². The number of halogens is 2. The number of carbonyl (C=O) groups excluding carboxylic acids is 2. The van der Waals surface area contributed by atoms with E-state index in [-0.39, 0.29) is 11.9 Å². The lowest BCUT2D eigenvalue weighted by molar-refractivity contribution is -0.135. The maximum atomic E-state index is 13.7. The van der Waals surface area contributed by atoms with Crippen molar-refractivity contribution in [3.8, 4) is 0 Å². The van der Waals surface area contributed by atoms with Gasteiger partial charge in [0, 0.05) is 6.04 Å². The van der Waals surface area contributed by atoms with Gasteiger partial charge in [0.2, 0.25) is 11.8 Å². The van der Waals surface area contributed by atoms with Crippen LogP contribution in [-0.2, 0) is 9.59 Å². The van der Waals surface area contributed by atoms with Crippen LogP contribution in [-0.4, -0.2) is 17.9 Å². The smallest absolute Gasteiger partial charge is 0.240 e. The van der Waals surface area contributed by atoms with E-state index in [0.717, 1.165) is 37.8 Å². The van der Waals surface area contributed by atoms with Crippen LogP contribution in [0.2, 0.25) is 0 Å². The predicted octanol–water partition coefficient (Wildman–Crippen LogP) is 3.52. The number of nitrogens with one attached hydrogen (secondary N) is 2. The van der Waals surface area contributed by atoms with E-state index in [1.54, 1.807) is 0 Å². The van der Waals surface area contributed by atoms with Crippen molar-refractivity contribution in [2.75, 3.05) is 5.32 Å². The van der Waals surface area contributed by atoms with Crippen LogP contribution in [0.5, 0.6) is 0 Å². The maximum absolute atomic E-state index is 13.7. The molecule has 6 heteroatoms. The minimum atomic E-state index is -1.18. The summed E-state index contributed by atoms with van der Waals surface area (Å²) in [7, 11) is 0. The van der Waals surface area contributed by atoms with Gasteiger partial charge in [0.05, 0.1) is 0 Å². The highest BCUT2D eigenvalue weighted by atomic mass is 19.1. The molecule has 0 spiro atoms. The third kappa shape index (κ3) is 3.42. The molecule has 0 heterocycles. The largest absolute Gasteiger partial charge is 0.352 e. The number of benzene rings is 1. The molecular weight excluding hydrogens is 314 g/mol. The molecule has 4 nitrogen and oxygen atoms in total. The molecular formula is C18H22F2N2O2. The average molecular weight is 336 g/mol. The Morgan fingerprint density at radius 2 is 1.54 bits per heavy atom. The number of amides is 2. The molecule has 3 rings (SSSR count). The Labute approximate surface area is 140 Å². The van der Waals surface area contributed by atoms with Gasteiger partial charge in [-0.25, -0.2) is 8.78 Å². The van der Waals surface area contributed by atoms with Gasteiger partial charge in [0.25, 0.3) is 0 Å². The molecule has 1 aromatic carbocycles. The SMILES string of the molecule is O=C(Nc1c(F)cccc1F)C1(C(=O)NC2CCCCCC2)CC1. The number of rotatable bonds is 4. The maximum Gasteiger partial charge on any atom is 0.240 e. The summed E-state index contributed by atoms with van der Waals surface area (Å²) in [5, 5.41) is 5.23. The minimum Gasteiger partial charge on any atom is -0.352 e. The second kappa shape index (κ2) is 6.87. The zero-order valence-corrected chi connectivity index (χ0v) is 13.5. The first kappa shape index (κ1) is 16.9. The molecule has 2 saturated carbocycles. The Morgan fingerprint density at radius 3 is 2.08 bits per heavy atom. The van der Waals surface area contributed by atoms with Crippen LogP contribution in [0.3, 0.4) is 0 Å². The van der Waals surface area contributed by atoms with E-state index in [2.05, 4.69) is 10.6 Å². The first-order valence-corrected chi connectivity index (χ1v) is 8.59. The van der Waals surface area contributed by atoms with E-state index in [9.17, 15) is 18.4 Å². The molecule has 0 radical (unpaired) electrons. The Kier molecular flexibility index (Phi) is 4.83. The normalized spacial score (nSPS) is 20.1. The molecule has 2 amide bonds. The number of hydrogen-bond acceptors (Lipinski definition) is 2. The molecule has 0 unspecified atom stereocenters. The monoisotopic (exact) mass is 336 g/mol. The van der Waals surface area contributed by atoms with Crippen molar-refractivity contribution in [1.82, 2.24) is 5.32 Å². The van der Waals surface area contributed by atoms with Gasteiger partial charge in [-0.05, 0) is 37.8 Å². The second-order valence-corrected chi connectivity index (χ2v) is 6.79. The second-order valence-electron chi connectivity index (χ2n) is 6.79. The number of hydrogen-bond donors (Lipinski definition) is 2. The molecule has 2 N–H and O–H groups in total. The van der Waals surface area contributed by atoms with Gasteiger partial charge >= 0.3 is 0 Å². The molecule has 2 fully saturated rings. The summed E-state index contributed by atoms with van der Waals surface area (Å²) in [6.07, 6.45) is 7.15. The Morgan fingerprint density at radius 1 is 0.958 bits per heavy atom. The predicted molar refractivity (Wildman–Crippen MR) is 86.3 cm³/mol. The molecule has 24 heavy (non-hydrogen) atoms. The lowest BCUT2D eigenvalue weighted by Gasteiger charge is -2.21. The summed E-state index contributed by atoms with van der Waals surface area (Å²) in [4.78, 5) is 25.0.